The molecule has 0 saturated carbocycles. The molecule has 1 atom stereocenters. The van der Waals surface area contributed by atoms with Gasteiger partial charge in [-0.15, -0.1) is 0 Å². The number of hydrogen-bond acceptors (Lipinski definition) is 5. The molecule has 2 aromatic carbocycles. The first kappa shape index (κ1) is 22.2. The molecule has 1 saturated heterocycles. The molecule has 0 aromatic heterocycles. The summed E-state index contributed by atoms with van der Waals surface area (Å²) in [5.41, 5.74) is 2.63. The van der Waals surface area contributed by atoms with Crippen molar-refractivity contribution in [1.29, 1.82) is 0 Å². The molecule has 1 fully saturated rings. The van der Waals surface area contributed by atoms with E-state index < -0.39 is 0 Å². The van der Waals surface area contributed by atoms with Gasteiger partial charge in [0.15, 0.2) is 11.5 Å². The summed E-state index contributed by atoms with van der Waals surface area (Å²) in [4.78, 5) is 17.3. The Balaban J connectivity index is 1.87. The molecular weight excluding hydrogens is 404 g/mol. The van der Waals surface area contributed by atoms with Crippen LogP contribution in [0.3, 0.4) is 0 Å². The number of methoxy groups -OCH3 is 2. The number of carbonyl (C=O) groups is 1. The third-order valence-electron chi connectivity index (χ3n) is 5.24. The second-order valence-corrected chi connectivity index (χ2v) is 7.98. The van der Waals surface area contributed by atoms with Crippen LogP contribution < -0.4 is 14.4 Å². The summed E-state index contributed by atoms with van der Waals surface area (Å²) < 4.78 is 16.4. The van der Waals surface area contributed by atoms with E-state index in [-0.39, 0.29) is 12.0 Å². The molecule has 3 rings (SSSR count). The maximum absolute atomic E-state index is 13.4. The molecule has 0 bridgehead atoms. The van der Waals surface area contributed by atoms with Crippen LogP contribution in [0.5, 0.6) is 11.5 Å². The van der Waals surface area contributed by atoms with E-state index in [1.807, 2.05) is 36.0 Å². The molecule has 6 nitrogen and oxygen atoms in total. The average Bonchev–Trinajstić information content (AvgIpc) is 3.25. The predicted molar refractivity (Wildman–Crippen MR) is 119 cm³/mol. The van der Waals surface area contributed by atoms with Gasteiger partial charge in [-0.05, 0) is 42.7 Å². The largest absolute Gasteiger partial charge is 0.493 e. The first-order chi connectivity index (χ1) is 14.4. The van der Waals surface area contributed by atoms with E-state index in [1.165, 1.54) is 14.2 Å². The minimum atomic E-state index is -0.120. The Labute approximate surface area is 183 Å². The monoisotopic (exact) mass is 432 g/mol. The molecule has 0 spiro atoms. The second kappa shape index (κ2) is 10.0. The summed E-state index contributed by atoms with van der Waals surface area (Å²) in [6.45, 7) is 1.75. The zero-order valence-corrected chi connectivity index (χ0v) is 18.7. The van der Waals surface area contributed by atoms with Crippen LogP contribution in [0.15, 0.2) is 36.4 Å². The molecule has 2 aromatic rings. The van der Waals surface area contributed by atoms with Crippen molar-refractivity contribution in [1.82, 2.24) is 4.90 Å². The SMILES string of the molecule is COc1cc(C(=O)N(Cc2ccc(N(C)C)cc2)C[C@H]2CCCO2)cc(Cl)c1OC. The van der Waals surface area contributed by atoms with Crippen LogP contribution in [0.2, 0.25) is 5.02 Å². The molecule has 7 heteroatoms. The van der Waals surface area contributed by atoms with Crippen molar-refractivity contribution in [3.05, 3.63) is 52.5 Å². The number of rotatable bonds is 8. The van der Waals surface area contributed by atoms with Crippen molar-refractivity contribution >= 4 is 23.2 Å². The van der Waals surface area contributed by atoms with Gasteiger partial charge in [0.2, 0.25) is 0 Å². The number of anilines is 1. The van der Waals surface area contributed by atoms with E-state index in [4.69, 9.17) is 25.8 Å². The fourth-order valence-electron chi connectivity index (χ4n) is 3.60. The smallest absolute Gasteiger partial charge is 0.254 e. The van der Waals surface area contributed by atoms with Crippen molar-refractivity contribution in [3.63, 3.8) is 0 Å². The van der Waals surface area contributed by atoms with E-state index in [1.54, 1.807) is 12.1 Å². The predicted octanol–water partition coefficient (Wildman–Crippen LogP) is 4.24. The molecule has 162 valence electrons. The van der Waals surface area contributed by atoms with Crippen molar-refractivity contribution in [3.8, 4) is 11.5 Å². The van der Waals surface area contributed by atoms with Crippen LogP contribution in [-0.2, 0) is 11.3 Å². The second-order valence-electron chi connectivity index (χ2n) is 7.58. The molecular formula is C23H29ClN2O4. The van der Waals surface area contributed by atoms with E-state index in [0.717, 1.165) is 30.7 Å². The number of carbonyl (C=O) groups excluding carboxylic acids is 1. The lowest BCUT2D eigenvalue weighted by Crippen LogP contribution is -2.37. The van der Waals surface area contributed by atoms with Gasteiger partial charge < -0.3 is 24.0 Å². The Bertz CT molecular complexity index is 864. The minimum absolute atomic E-state index is 0.0469. The molecule has 0 N–H and O–H groups in total. The van der Waals surface area contributed by atoms with E-state index in [0.29, 0.717) is 35.2 Å². The van der Waals surface area contributed by atoms with Crippen LogP contribution in [0.4, 0.5) is 5.69 Å². The highest BCUT2D eigenvalue weighted by Crippen LogP contribution is 2.36. The van der Waals surface area contributed by atoms with Gasteiger partial charge in [0, 0.05) is 45.0 Å². The summed E-state index contributed by atoms with van der Waals surface area (Å²) in [5, 5.41) is 0.340. The van der Waals surface area contributed by atoms with Crippen molar-refractivity contribution in [2.24, 2.45) is 0 Å². The number of hydrogen-bond donors (Lipinski definition) is 0. The van der Waals surface area contributed by atoms with E-state index in [2.05, 4.69) is 12.1 Å². The van der Waals surface area contributed by atoms with Gasteiger partial charge in [0.05, 0.1) is 25.3 Å². The lowest BCUT2D eigenvalue weighted by atomic mass is 10.1. The van der Waals surface area contributed by atoms with Crippen LogP contribution >= 0.6 is 11.6 Å². The minimum Gasteiger partial charge on any atom is -0.493 e. The summed E-state index contributed by atoms with van der Waals surface area (Å²) in [6, 6.07) is 11.5. The van der Waals surface area contributed by atoms with Crippen molar-refractivity contribution in [2.45, 2.75) is 25.5 Å². The third kappa shape index (κ3) is 5.18. The number of halogens is 1. The highest BCUT2D eigenvalue weighted by molar-refractivity contribution is 6.32. The molecule has 1 aliphatic rings. The quantitative estimate of drug-likeness (QED) is 0.624. The topological polar surface area (TPSA) is 51.2 Å². The first-order valence-electron chi connectivity index (χ1n) is 10.0. The van der Waals surface area contributed by atoms with Gasteiger partial charge in [-0.3, -0.25) is 4.79 Å². The molecule has 1 amide bonds. The summed E-state index contributed by atoms with van der Waals surface area (Å²) in [6.07, 6.45) is 2.02. The summed E-state index contributed by atoms with van der Waals surface area (Å²) >= 11 is 6.33. The Morgan fingerprint density at radius 3 is 2.47 bits per heavy atom. The number of ether oxygens (including phenoxy) is 3. The maximum Gasteiger partial charge on any atom is 0.254 e. The van der Waals surface area contributed by atoms with Crippen LogP contribution in [0.25, 0.3) is 0 Å². The zero-order valence-electron chi connectivity index (χ0n) is 18.0. The first-order valence-corrected chi connectivity index (χ1v) is 10.4. The fourth-order valence-corrected chi connectivity index (χ4v) is 3.89. The molecule has 0 unspecified atom stereocenters. The molecule has 1 aliphatic heterocycles. The van der Waals surface area contributed by atoms with Crippen molar-refractivity contribution < 1.29 is 19.0 Å². The number of nitrogens with zero attached hydrogens (tertiary/aromatic N) is 2. The van der Waals surface area contributed by atoms with Gasteiger partial charge in [-0.25, -0.2) is 0 Å². The van der Waals surface area contributed by atoms with Crippen LogP contribution in [0, 0.1) is 0 Å². The van der Waals surface area contributed by atoms with E-state index >= 15 is 0 Å². The zero-order chi connectivity index (χ0) is 21.7. The van der Waals surface area contributed by atoms with Gasteiger partial charge in [0.1, 0.15) is 0 Å². The van der Waals surface area contributed by atoms with E-state index in [9.17, 15) is 4.79 Å². The Morgan fingerprint density at radius 2 is 1.90 bits per heavy atom. The molecule has 0 aliphatic carbocycles. The lowest BCUT2D eigenvalue weighted by molar-refractivity contribution is 0.0507. The molecule has 0 radical (unpaired) electrons. The van der Waals surface area contributed by atoms with Crippen LogP contribution in [-0.4, -0.2) is 58.4 Å². The standard InChI is InChI=1S/C23H29ClN2O4/c1-25(2)18-9-7-16(8-10-18)14-26(15-19-6-5-11-30-19)23(27)17-12-20(24)22(29-4)21(13-17)28-3/h7-10,12-13,19H,5-6,11,14-15H2,1-4H3/t19-/m1/s1. The lowest BCUT2D eigenvalue weighted by Gasteiger charge is -2.26. The summed E-state index contributed by atoms with van der Waals surface area (Å²) in [5.74, 6) is 0.728. The highest BCUT2D eigenvalue weighted by atomic mass is 35.5. The van der Waals surface area contributed by atoms with Crippen molar-refractivity contribution in [2.75, 3.05) is 46.4 Å². The Morgan fingerprint density at radius 1 is 1.17 bits per heavy atom. The van der Waals surface area contributed by atoms with Gasteiger partial charge in [0.25, 0.3) is 5.91 Å². The third-order valence-corrected chi connectivity index (χ3v) is 5.52. The number of amides is 1. The number of benzene rings is 2. The van der Waals surface area contributed by atoms with Gasteiger partial charge in [-0.2, -0.15) is 0 Å². The normalized spacial score (nSPS) is 15.7. The molecule has 30 heavy (non-hydrogen) atoms. The van der Waals surface area contributed by atoms with Crippen LogP contribution in [0.1, 0.15) is 28.8 Å². The summed E-state index contributed by atoms with van der Waals surface area (Å²) in [7, 11) is 7.05. The average molecular weight is 433 g/mol. The Kier molecular flexibility index (Phi) is 7.45. The Hall–Kier alpha value is -2.44. The highest BCUT2D eigenvalue weighted by Gasteiger charge is 2.25. The maximum atomic E-state index is 13.4. The molecule has 1 heterocycles. The van der Waals surface area contributed by atoms with Gasteiger partial charge in [-0.1, -0.05) is 23.7 Å². The van der Waals surface area contributed by atoms with Gasteiger partial charge >= 0.3 is 0 Å². The fraction of sp³-hybridized carbons (Fsp3) is 0.435.